The zero-order chi connectivity index (χ0) is 15.0. The molecule has 112 valence electrons. The molecule has 0 radical (unpaired) electrons. The zero-order valence-electron chi connectivity index (χ0n) is 12.2. The molecule has 6 heteroatoms. The van der Waals surface area contributed by atoms with Gasteiger partial charge in [-0.3, -0.25) is 10.1 Å². The van der Waals surface area contributed by atoms with Crippen LogP contribution in [0.4, 0.5) is 5.69 Å². The normalized spacial score (nSPS) is 11.0. The maximum absolute atomic E-state index is 10.9. The van der Waals surface area contributed by atoms with E-state index in [-0.39, 0.29) is 16.9 Å². The monoisotopic (exact) mass is 282 g/mol. The Balaban J connectivity index is 2.57. The second kappa shape index (κ2) is 8.63. The van der Waals surface area contributed by atoms with Crippen molar-refractivity contribution in [2.24, 2.45) is 0 Å². The van der Waals surface area contributed by atoms with Gasteiger partial charge in [-0.1, -0.05) is 12.1 Å². The van der Waals surface area contributed by atoms with Gasteiger partial charge in [-0.2, -0.15) is 0 Å². The molecule has 0 unspecified atom stereocenters. The molecule has 1 N–H and O–H groups in total. The molecule has 0 aromatic heterocycles. The summed E-state index contributed by atoms with van der Waals surface area (Å²) in [5.74, 6) is 0. The van der Waals surface area contributed by atoms with Gasteiger partial charge < -0.3 is 14.8 Å². The fourth-order valence-electron chi connectivity index (χ4n) is 1.92. The van der Waals surface area contributed by atoms with Crippen LogP contribution in [-0.4, -0.2) is 31.0 Å². The largest absolute Gasteiger partial charge is 0.352 e. The lowest BCUT2D eigenvalue weighted by Crippen LogP contribution is -2.31. The van der Waals surface area contributed by atoms with Crippen LogP contribution in [0, 0.1) is 17.0 Å². The van der Waals surface area contributed by atoms with Crippen LogP contribution in [0.25, 0.3) is 0 Å². The van der Waals surface area contributed by atoms with E-state index in [0.29, 0.717) is 31.9 Å². The maximum atomic E-state index is 10.9. The molecular formula is C14H22N2O4. The van der Waals surface area contributed by atoms with E-state index in [2.05, 4.69) is 5.32 Å². The molecule has 0 amide bonds. The molecule has 0 atom stereocenters. The first-order valence-electron chi connectivity index (χ1n) is 6.76. The molecule has 0 heterocycles. The summed E-state index contributed by atoms with van der Waals surface area (Å²) in [7, 11) is 0. The van der Waals surface area contributed by atoms with Crippen molar-refractivity contribution < 1.29 is 14.4 Å². The van der Waals surface area contributed by atoms with Crippen LogP contribution in [-0.2, 0) is 16.0 Å². The van der Waals surface area contributed by atoms with Gasteiger partial charge in [0.15, 0.2) is 6.29 Å². The van der Waals surface area contributed by atoms with Crippen LogP contribution in [0.15, 0.2) is 18.2 Å². The van der Waals surface area contributed by atoms with Crippen LogP contribution in [0.5, 0.6) is 0 Å². The Labute approximate surface area is 119 Å². The van der Waals surface area contributed by atoms with Gasteiger partial charge in [0, 0.05) is 37.9 Å². The highest BCUT2D eigenvalue weighted by molar-refractivity contribution is 5.44. The van der Waals surface area contributed by atoms with Crippen LogP contribution in [0.2, 0.25) is 0 Å². The number of ether oxygens (including phenoxy) is 2. The lowest BCUT2D eigenvalue weighted by Gasteiger charge is -2.17. The quantitative estimate of drug-likeness (QED) is 0.427. The molecule has 0 aliphatic carbocycles. The molecule has 1 rings (SSSR count). The van der Waals surface area contributed by atoms with Crippen LogP contribution >= 0.6 is 0 Å². The Morgan fingerprint density at radius 3 is 2.50 bits per heavy atom. The average Bonchev–Trinajstić information content (AvgIpc) is 2.41. The fraction of sp³-hybridized carbons (Fsp3) is 0.571. The number of nitrogens with zero attached hydrogens (tertiary/aromatic N) is 1. The SMILES string of the molecule is CCOC(CNCc1cccc([N+](=O)[O-])c1C)OCC. The highest BCUT2D eigenvalue weighted by Gasteiger charge is 2.13. The number of nitro benzene ring substituents is 1. The van der Waals surface area contributed by atoms with Gasteiger partial charge in [0.25, 0.3) is 5.69 Å². The number of nitro groups is 1. The summed E-state index contributed by atoms with van der Waals surface area (Å²) in [6, 6.07) is 5.10. The summed E-state index contributed by atoms with van der Waals surface area (Å²) >= 11 is 0. The standard InChI is InChI=1S/C14H22N2O4/c1-4-19-14(20-5-2)10-15-9-12-7-6-8-13(11(12)3)16(17)18/h6-8,14-15H,4-5,9-10H2,1-3H3. The van der Waals surface area contributed by atoms with E-state index in [1.807, 2.05) is 19.9 Å². The van der Waals surface area contributed by atoms with Gasteiger partial charge in [0.05, 0.1) is 4.92 Å². The molecule has 0 saturated carbocycles. The van der Waals surface area contributed by atoms with Crippen molar-refractivity contribution in [3.8, 4) is 0 Å². The molecule has 0 saturated heterocycles. The van der Waals surface area contributed by atoms with Gasteiger partial charge in [-0.25, -0.2) is 0 Å². The van der Waals surface area contributed by atoms with E-state index >= 15 is 0 Å². The summed E-state index contributed by atoms with van der Waals surface area (Å²) in [6.07, 6.45) is -0.288. The first-order valence-corrected chi connectivity index (χ1v) is 6.76. The van der Waals surface area contributed by atoms with Crippen molar-refractivity contribution in [1.29, 1.82) is 0 Å². The average molecular weight is 282 g/mol. The first-order chi connectivity index (χ1) is 9.60. The minimum absolute atomic E-state index is 0.149. The molecule has 0 bridgehead atoms. The summed E-state index contributed by atoms with van der Waals surface area (Å²) in [6.45, 7) is 7.85. The van der Waals surface area contributed by atoms with Crippen molar-refractivity contribution in [1.82, 2.24) is 5.32 Å². The van der Waals surface area contributed by atoms with Crippen LogP contribution < -0.4 is 5.32 Å². The highest BCUT2D eigenvalue weighted by atomic mass is 16.7. The number of nitrogens with one attached hydrogen (secondary N) is 1. The zero-order valence-corrected chi connectivity index (χ0v) is 12.2. The summed E-state index contributed by atoms with van der Waals surface area (Å²) < 4.78 is 10.8. The Morgan fingerprint density at radius 2 is 1.95 bits per heavy atom. The highest BCUT2D eigenvalue weighted by Crippen LogP contribution is 2.20. The van der Waals surface area contributed by atoms with E-state index in [4.69, 9.17) is 9.47 Å². The Morgan fingerprint density at radius 1 is 1.30 bits per heavy atom. The summed E-state index contributed by atoms with van der Waals surface area (Å²) in [5.41, 5.74) is 1.75. The molecular weight excluding hydrogens is 260 g/mol. The third kappa shape index (κ3) is 4.88. The molecule has 0 fully saturated rings. The molecule has 0 spiro atoms. The summed E-state index contributed by atoms with van der Waals surface area (Å²) in [4.78, 5) is 10.5. The molecule has 1 aromatic rings. The lowest BCUT2D eigenvalue weighted by atomic mass is 10.1. The molecule has 20 heavy (non-hydrogen) atoms. The van der Waals surface area contributed by atoms with Crippen LogP contribution in [0.1, 0.15) is 25.0 Å². The van der Waals surface area contributed by atoms with Crippen LogP contribution in [0.3, 0.4) is 0 Å². The minimum atomic E-state index is -0.359. The minimum Gasteiger partial charge on any atom is -0.352 e. The van der Waals surface area contributed by atoms with E-state index in [1.54, 1.807) is 13.0 Å². The second-order valence-corrected chi connectivity index (χ2v) is 4.29. The predicted octanol–water partition coefficient (Wildman–Crippen LogP) is 2.39. The fourth-order valence-corrected chi connectivity index (χ4v) is 1.92. The van der Waals surface area contributed by atoms with Crippen molar-refractivity contribution in [2.45, 2.75) is 33.6 Å². The smallest absolute Gasteiger partial charge is 0.272 e. The predicted molar refractivity (Wildman–Crippen MR) is 76.6 cm³/mol. The van der Waals surface area contributed by atoms with E-state index in [1.165, 1.54) is 6.07 Å². The molecule has 0 aliphatic heterocycles. The Kier molecular flexibility index (Phi) is 7.14. The van der Waals surface area contributed by atoms with Crippen molar-refractivity contribution in [2.75, 3.05) is 19.8 Å². The number of benzene rings is 1. The number of hydrogen-bond donors (Lipinski definition) is 1. The third-order valence-electron chi connectivity index (χ3n) is 2.95. The van der Waals surface area contributed by atoms with Gasteiger partial charge in [-0.15, -0.1) is 0 Å². The molecule has 0 aliphatic rings. The molecule has 6 nitrogen and oxygen atoms in total. The number of hydrogen-bond acceptors (Lipinski definition) is 5. The topological polar surface area (TPSA) is 73.6 Å². The number of rotatable bonds is 9. The second-order valence-electron chi connectivity index (χ2n) is 4.29. The van der Waals surface area contributed by atoms with Crippen molar-refractivity contribution in [3.05, 3.63) is 39.4 Å². The van der Waals surface area contributed by atoms with Crippen molar-refractivity contribution >= 4 is 5.69 Å². The van der Waals surface area contributed by atoms with E-state index in [9.17, 15) is 10.1 Å². The Bertz CT molecular complexity index is 431. The molecule has 1 aromatic carbocycles. The van der Waals surface area contributed by atoms with E-state index in [0.717, 1.165) is 5.56 Å². The summed E-state index contributed by atoms with van der Waals surface area (Å²) in [5, 5.41) is 14.1. The van der Waals surface area contributed by atoms with Gasteiger partial charge in [0.1, 0.15) is 0 Å². The van der Waals surface area contributed by atoms with Gasteiger partial charge in [0.2, 0.25) is 0 Å². The van der Waals surface area contributed by atoms with Crippen molar-refractivity contribution in [3.63, 3.8) is 0 Å². The Hall–Kier alpha value is -1.50. The maximum Gasteiger partial charge on any atom is 0.272 e. The van der Waals surface area contributed by atoms with Gasteiger partial charge >= 0.3 is 0 Å². The lowest BCUT2D eigenvalue weighted by molar-refractivity contribution is -0.385. The third-order valence-corrected chi connectivity index (χ3v) is 2.95. The van der Waals surface area contributed by atoms with Gasteiger partial charge in [-0.05, 0) is 26.3 Å². The van der Waals surface area contributed by atoms with E-state index < -0.39 is 0 Å². The first kappa shape index (κ1) is 16.6.